The number of alkyl halides is 2. The Labute approximate surface area is 126 Å². The molecule has 5 heteroatoms. The van der Waals surface area contributed by atoms with Crippen LogP contribution in [0.1, 0.15) is 45.1 Å². The van der Waals surface area contributed by atoms with Crippen LogP contribution in [-0.4, -0.2) is 31.1 Å². The first-order valence-electron chi connectivity index (χ1n) is 7.69. The highest BCUT2D eigenvalue weighted by Crippen LogP contribution is 2.26. The van der Waals surface area contributed by atoms with Crippen molar-refractivity contribution in [3.63, 3.8) is 0 Å². The van der Waals surface area contributed by atoms with Crippen molar-refractivity contribution >= 4 is 5.69 Å². The molecule has 3 nitrogen and oxygen atoms in total. The molecule has 2 N–H and O–H groups in total. The van der Waals surface area contributed by atoms with Crippen molar-refractivity contribution < 1.29 is 13.5 Å². The second-order valence-electron chi connectivity index (χ2n) is 4.89. The maximum Gasteiger partial charge on any atom is 0.264 e. The highest BCUT2D eigenvalue weighted by atomic mass is 19.3. The number of benzene rings is 1. The maximum absolute atomic E-state index is 12.6. The molecule has 1 heterocycles. The number of likely N-dealkylation sites (tertiary alicyclic amines) is 1. The summed E-state index contributed by atoms with van der Waals surface area (Å²) in [5.41, 5.74) is 5.81. The van der Waals surface area contributed by atoms with Gasteiger partial charge in [0.25, 0.3) is 6.43 Å². The third-order valence-electron chi connectivity index (χ3n) is 3.33. The zero-order chi connectivity index (χ0) is 15.7. The molecule has 1 aliphatic rings. The van der Waals surface area contributed by atoms with Crippen molar-refractivity contribution in [3.05, 3.63) is 23.8 Å². The average molecular weight is 300 g/mol. The molecule has 0 unspecified atom stereocenters. The third kappa shape index (κ3) is 6.29. The molecule has 0 aromatic heterocycles. The van der Waals surface area contributed by atoms with Gasteiger partial charge in [-0.1, -0.05) is 20.3 Å². The van der Waals surface area contributed by atoms with E-state index in [0.717, 1.165) is 19.6 Å². The van der Waals surface area contributed by atoms with Gasteiger partial charge in [0.05, 0.1) is 0 Å². The van der Waals surface area contributed by atoms with Gasteiger partial charge in [0.15, 0.2) is 0 Å². The fraction of sp³-hybridized carbons (Fsp3) is 0.625. The highest BCUT2D eigenvalue weighted by Gasteiger charge is 2.11. The summed E-state index contributed by atoms with van der Waals surface area (Å²) in [5, 5.41) is 0. The Morgan fingerprint density at radius 1 is 1.14 bits per heavy atom. The number of rotatable bonds is 5. The molecule has 0 amide bonds. The number of halogens is 2. The first-order valence-corrected chi connectivity index (χ1v) is 7.69. The number of nitrogens with zero attached hydrogens (tertiary/aromatic N) is 1. The van der Waals surface area contributed by atoms with Gasteiger partial charge in [-0.2, -0.15) is 0 Å². The summed E-state index contributed by atoms with van der Waals surface area (Å²) in [4.78, 5) is 2.34. The lowest BCUT2D eigenvalue weighted by Gasteiger charge is -2.26. The molecule has 0 saturated carbocycles. The molecular weight excluding hydrogens is 274 g/mol. The molecule has 0 spiro atoms. The molecule has 2 rings (SSSR count). The average Bonchev–Trinajstić information content (AvgIpc) is 2.50. The van der Waals surface area contributed by atoms with E-state index in [4.69, 9.17) is 10.5 Å². The predicted octanol–water partition coefficient (Wildman–Crippen LogP) is 4.10. The Kier molecular flexibility index (Phi) is 8.05. The number of nitrogens with two attached hydrogens (primary N) is 1. The third-order valence-corrected chi connectivity index (χ3v) is 3.33. The van der Waals surface area contributed by atoms with Crippen LogP contribution in [0.2, 0.25) is 0 Å². The zero-order valence-corrected chi connectivity index (χ0v) is 12.9. The van der Waals surface area contributed by atoms with Gasteiger partial charge in [0, 0.05) is 23.9 Å². The molecule has 0 radical (unpaired) electrons. The number of hydrogen-bond donors (Lipinski definition) is 1. The van der Waals surface area contributed by atoms with Crippen LogP contribution in [0.15, 0.2) is 18.2 Å². The minimum atomic E-state index is -2.52. The van der Waals surface area contributed by atoms with E-state index < -0.39 is 6.43 Å². The zero-order valence-electron chi connectivity index (χ0n) is 12.9. The lowest BCUT2D eigenvalue weighted by molar-refractivity contribution is 0.150. The number of nitrogen functional groups attached to an aromatic ring is 1. The van der Waals surface area contributed by atoms with Crippen molar-refractivity contribution in [1.82, 2.24) is 4.90 Å². The van der Waals surface area contributed by atoms with E-state index in [1.165, 1.54) is 31.4 Å². The normalized spacial score (nSPS) is 15.5. The number of anilines is 1. The summed E-state index contributed by atoms with van der Waals surface area (Å²) < 4.78 is 30.8. The molecule has 0 bridgehead atoms. The molecule has 1 aromatic rings. The Bertz CT molecular complexity index is 407. The SMILES string of the molecule is CC.Nc1cc(OCCN2CCCCC2)cc(C(F)F)c1. The van der Waals surface area contributed by atoms with Gasteiger partial charge >= 0.3 is 0 Å². The molecule has 1 fully saturated rings. The summed E-state index contributed by atoms with van der Waals surface area (Å²) in [6.07, 6.45) is 1.24. The Morgan fingerprint density at radius 2 is 1.81 bits per heavy atom. The van der Waals surface area contributed by atoms with Crippen molar-refractivity contribution in [1.29, 1.82) is 0 Å². The highest BCUT2D eigenvalue weighted by molar-refractivity contribution is 5.47. The van der Waals surface area contributed by atoms with Crippen molar-refractivity contribution in [2.75, 3.05) is 32.0 Å². The second kappa shape index (κ2) is 9.55. The monoisotopic (exact) mass is 300 g/mol. The Balaban J connectivity index is 0.00000106. The van der Waals surface area contributed by atoms with E-state index in [0.29, 0.717) is 18.0 Å². The molecular formula is C16H26F2N2O. The van der Waals surface area contributed by atoms with Gasteiger partial charge in [0.1, 0.15) is 12.4 Å². The fourth-order valence-corrected chi connectivity index (χ4v) is 2.33. The van der Waals surface area contributed by atoms with Gasteiger partial charge in [-0.15, -0.1) is 0 Å². The lowest BCUT2D eigenvalue weighted by atomic mass is 10.1. The smallest absolute Gasteiger partial charge is 0.264 e. The van der Waals surface area contributed by atoms with E-state index in [9.17, 15) is 8.78 Å². The van der Waals surface area contributed by atoms with Gasteiger partial charge in [-0.3, -0.25) is 4.90 Å². The molecule has 0 aliphatic carbocycles. The van der Waals surface area contributed by atoms with Crippen LogP contribution in [-0.2, 0) is 0 Å². The first-order chi connectivity index (χ1) is 10.1. The van der Waals surface area contributed by atoms with Gasteiger partial charge in [-0.05, 0) is 38.1 Å². The largest absolute Gasteiger partial charge is 0.492 e. The first kappa shape index (κ1) is 17.7. The minimum Gasteiger partial charge on any atom is -0.492 e. The number of hydrogen-bond acceptors (Lipinski definition) is 3. The maximum atomic E-state index is 12.6. The van der Waals surface area contributed by atoms with Crippen LogP contribution >= 0.6 is 0 Å². The van der Waals surface area contributed by atoms with Crippen molar-refractivity contribution in [2.45, 2.75) is 39.5 Å². The van der Waals surface area contributed by atoms with E-state index in [1.54, 1.807) is 6.07 Å². The summed E-state index contributed by atoms with van der Waals surface area (Å²) in [6, 6.07) is 4.22. The minimum absolute atomic E-state index is 0.0898. The van der Waals surface area contributed by atoms with Crippen LogP contribution in [0.5, 0.6) is 5.75 Å². The molecule has 1 aromatic carbocycles. The molecule has 1 aliphatic heterocycles. The van der Waals surface area contributed by atoms with Gasteiger partial charge in [-0.25, -0.2) is 8.78 Å². The summed E-state index contributed by atoms with van der Waals surface area (Å²) in [7, 11) is 0. The van der Waals surface area contributed by atoms with Gasteiger partial charge in [0.2, 0.25) is 0 Å². The summed E-state index contributed by atoms with van der Waals surface area (Å²) in [5.74, 6) is 0.423. The molecule has 0 atom stereocenters. The number of piperidine rings is 1. The van der Waals surface area contributed by atoms with E-state index in [2.05, 4.69) is 4.90 Å². The van der Waals surface area contributed by atoms with Crippen LogP contribution in [0.4, 0.5) is 14.5 Å². The predicted molar refractivity (Wildman–Crippen MR) is 82.9 cm³/mol. The topological polar surface area (TPSA) is 38.5 Å². The van der Waals surface area contributed by atoms with Crippen molar-refractivity contribution in [2.24, 2.45) is 0 Å². The van der Waals surface area contributed by atoms with E-state index >= 15 is 0 Å². The van der Waals surface area contributed by atoms with Crippen LogP contribution < -0.4 is 10.5 Å². The second-order valence-corrected chi connectivity index (χ2v) is 4.89. The molecule has 1 saturated heterocycles. The summed E-state index contributed by atoms with van der Waals surface area (Å²) >= 11 is 0. The van der Waals surface area contributed by atoms with E-state index in [1.807, 2.05) is 13.8 Å². The van der Waals surface area contributed by atoms with Crippen LogP contribution in [0.25, 0.3) is 0 Å². The quantitative estimate of drug-likeness (QED) is 0.832. The standard InChI is InChI=1S/C14H20F2N2O.C2H6/c15-14(16)11-8-12(17)10-13(9-11)19-7-6-18-4-2-1-3-5-18;1-2/h8-10,14H,1-7,17H2;1-2H3. The number of ether oxygens (including phenoxy) is 1. The lowest BCUT2D eigenvalue weighted by Crippen LogP contribution is -2.33. The van der Waals surface area contributed by atoms with Crippen molar-refractivity contribution in [3.8, 4) is 5.75 Å². The Morgan fingerprint density at radius 3 is 2.43 bits per heavy atom. The molecule has 120 valence electrons. The fourth-order valence-electron chi connectivity index (χ4n) is 2.33. The van der Waals surface area contributed by atoms with E-state index in [-0.39, 0.29) is 5.56 Å². The Hall–Kier alpha value is -1.36. The molecule has 21 heavy (non-hydrogen) atoms. The van der Waals surface area contributed by atoms with Crippen LogP contribution in [0.3, 0.4) is 0 Å². The van der Waals surface area contributed by atoms with Gasteiger partial charge < -0.3 is 10.5 Å². The summed E-state index contributed by atoms with van der Waals surface area (Å²) in [6.45, 7) is 7.54. The van der Waals surface area contributed by atoms with Crippen LogP contribution in [0, 0.1) is 0 Å².